The molecule has 1 unspecified atom stereocenters. The van der Waals surface area contributed by atoms with Gasteiger partial charge in [-0.1, -0.05) is 30.3 Å². The molecule has 1 amide bonds. The largest absolute Gasteiger partial charge is 0.396 e. The van der Waals surface area contributed by atoms with Gasteiger partial charge in [0.1, 0.15) is 5.56 Å². The van der Waals surface area contributed by atoms with Crippen LogP contribution in [0.5, 0.6) is 0 Å². The molecule has 6 nitrogen and oxygen atoms in total. The van der Waals surface area contributed by atoms with Gasteiger partial charge in [-0.05, 0) is 31.2 Å². The summed E-state index contributed by atoms with van der Waals surface area (Å²) in [4.78, 5) is 17.1. The molecule has 3 aromatic rings. The maximum Gasteiger partial charge on any atom is 0.256 e. The SMILES string of the molecule is O=C(NC(CCO)C1CC1)c1cnn2c(-c3ccccc3)ccnc12. The van der Waals surface area contributed by atoms with Gasteiger partial charge in [-0.15, -0.1) is 0 Å². The van der Waals surface area contributed by atoms with Crippen molar-refractivity contribution in [2.75, 3.05) is 6.61 Å². The van der Waals surface area contributed by atoms with Gasteiger partial charge in [-0.2, -0.15) is 5.10 Å². The molecule has 0 saturated heterocycles. The summed E-state index contributed by atoms with van der Waals surface area (Å²) in [7, 11) is 0. The predicted octanol–water partition coefficient (Wildman–Crippen LogP) is 2.29. The highest BCUT2D eigenvalue weighted by Gasteiger charge is 2.32. The first-order valence-corrected chi connectivity index (χ1v) is 8.58. The molecule has 2 heterocycles. The molecule has 2 aromatic heterocycles. The van der Waals surface area contributed by atoms with Gasteiger partial charge >= 0.3 is 0 Å². The first-order valence-electron chi connectivity index (χ1n) is 8.58. The van der Waals surface area contributed by atoms with Crippen LogP contribution in [0.1, 0.15) is 29.6 Å². The number of aliphatic hydroxyl groups excluding tert-OH is 1. The quantitative estimate of drug-likeness (QED) is 0.724. The molecule has 0 aliphatic heterocycles. The Hall–Kier alpha value is -2.73. The number of nitrogens with zero attached hydrogens (tertiary/aromatic N) is 3. The van der Waals surface area contributed by atoms with E-state index in [0.717, 1.165) is 24.1 Å². The Morgan fingerprint density at radius 1 is 1.28 bits per heavy atom. The van der Waals surface area contributed by atoms with Gasteiger partial charge in [0, 0.05) is 24.4 Å². The number of aliphatic hydroxyl groups is 1. The summed E-state index contributed by atoms with van der Waals surface area (Å²) in [6.45, 7) is 0.0760. The van der Waals surface area contributed by atoms with Gasteiger partial charge in [0.15, 0.2) is 5.65 Å². The molecule has 4 rings (SSSR count). The first kappa shape index (κ1) is 15.8. The molecule has 128 valence electrons. The summed E-state index contributed by atoms with van der Waals surface area (Å²) in [5, 5.41) is 16.6. The van der Waals surface area contributed by atoms with Gasteiger partial charge in [-0.3, -0.25) is 4.79 Å². The van der Waals surface area contributed by atoms with Crippen LogP contribution >= 0.6 is 0 Å². The van der Waals surface area contributed by atoms with Crippen molar-refractivity contribution in [3.8, 4) is 11.3 Å². The molecule has 1 atom stereocenters. The minimum atomic E-state index is -0.182. The molecular weight excluding hydrogens is 316 g/mol. The zero-order valence-corrected chi connectivity index (χ0v) is 13.8. The molecule has 2 N–H and O–H groups in total. The van der Waals surface area contributed by atoms with Crippen LogP contribution in [0.4, 0.5) is 0 Å². The molecular formula is C19H20N4O2. The van der Waals surface area contributed by atoms with E-state index in [0.29, 0.717) is 23.5 Å². The first-order chi connectivity index (χ1) is 12.3. The number of hydrogen-bond acceptors (Lipinski definition) is 4. The summed E-state index contributed by atoms with van der Waals surface area (Å²) in [5.41, 5.74) is 2.90. The van der Waals surface area contributed by atoms with E-state index in [1.165, 1.54) is 0 Å². The van der Waals surface area contributed by atoms with Crippen molar-refractivity contribution in [3.63, 3.8) is 0 Å². The summed E-state index contributed by atoms with van der Waals surface area (Å²) in [6.07, 6.45) is 6.06. The second-order valence-corrected chi connectivity index (χ2v) is 6.42. The van der Waals surface area contributed by atoms with Crippen LogP contribution in [0, 0.1) is 5.92 Å². The average Bonchev–Trinajstić information content (AvgIpc) is 3.40. The normalized spacial score (nSPS) is 15.2. The second-order valence-electron chi connectivity index (χ2n) is 6.42. The van der Waals surface area contributed by atoms with Crippen molar-refractivity contribution in [2.24, 2.45) is 5.92 Å². The van der Waals surface area contributed by atoms with Crippen molar-refractivity contribution in [1.29, 1.82) is 0 Å². The fourth-order valence-electron chi connectivity index (χ4n) is 3.19. The van der Waals surface area contributed by atoms with Crippen LogP contribution in [0.25, 0.3) is 16.9 Å². The minimum Gasteiger partial charge on any atom is -0.396 e. The molecule has 1 aromatic carbocycles. The Labute approximate surface area is 145 Å². The average molecular weight is 336 g/mol. The number of amides is 1. The number of rotatable bonds is 6. The lowest BCUT2D eigenvalue weighted by molar-refractivity contribution is 0.0925. The molecule has 25 heavy (non-hydrogen) atoms. The molecule has 6 heteroatoms. The molecule has 1 saturated carbocycles. The molecule has 1 fully saturated rings. The number of fused-ring (bicyclic) bond motifs is 1. The van der Waals surface area contributed by atoms with Crippen molar-refractivity contribution in [2.45, 2.75) is 25.3 Å². The standard InChI is InChI=1S/C19H20N4O2/c24-11-9-16(13-6-7-13)22-19(25)15-12-21-23-17(8-10-20-18(15)23)14-4-2-1-3-5-14/h1-5,8,10,12-13,16,24H,6-7,9,11H2,(H,22,25). The van der Waals surface area contributed by atoms with Gasteiger partial charge in [0.05, 0.1) is 11.9 Å². The van der Waals surface area contributed by atoms with E-state index in [9.17, 15) is 9.90 Å². The highest BCUT2D eigenvalue weighted by Crippen LogP contribution is 2.34. The highest BCUT2D eigenvalue weighted by atomic mass is 16.3. The smallest absolute Gasteiger partial charge is 0.256 e. The van der Waals surface area contributed by atoms with E-state index >= 15 is 0 Å². The van der Waals surface area contributed by atoms with Crippen LogP contribution in [-0.2, 0) is 0 Å². The second kappa shape index (κ2) is 6.64. The Morgan fingerprint density at radius 3 is 2.80 bits per heavy atom. The third kappa shape index (κ3) is 3.13. The van der Waals surface area contributed by atoms with Crippen LogP contribution in [0.15, 0.2) is 48.8 Å². The highest BCUT2D eigenvalue weighted by molar-refractivity contribution is 6.00. The summed E-state index contributed by atoms with van der Waals surface area (Å²) >= 11 is 0. The van der Waals surface area contributed by atoms with Crippen LogP contribution in [0.2, 0.25) is 0 Å². The number of hydrogen-bond donors (Lipinski definition) is 2. The van der Waals surface area contributed by atoms with Crippen LogP contribution in [0.3, 0.4) is 0 Å². The van der Waals surface area contributed by atoms with E-state index in [4.69, 9.17) is 0 Å². The number of carbonyl (C=O) groups excluding carboxylic acids is 1. The van der Waals surface area contributed by atoms with Gasteiger partial charge in [0.25, 0.3) is 5.91 Å². The summed E-state index contributed by atoms with van der Waals surface area (Å²) < 4.78 is 1.70. The molecule has 0 bridgehead atoms. The molecule has 1 aliphatic rings. The zero-order chi connectivity index (χ0) is 17.2. The maximum absolute atomic E-state index is 12.7. The van der Waals surface area contributed by atoms with Gasteiger partial charge < -0.3 is 10.4 Å². The molecule has 0 spiro atoms. The molecule has 1 aliphatic carbocycles. The molecule has 0 radical (unpaired) electrons. The fourth-order valence-corrected chi connectivity index (χ4v) is 3.19. The van der Waals surface area contributed by atoms with Crippen molar-refractivity contribution >= 4 is 11.6 Å². The summed E-state index contributed by atoms with van der Waals surface area (Å²) in [5.74, 6) is 0.295. The van der Waals surface area contributed by atoms with Gasteiger partial charge in [0.2, 0.25) is 0 Å². The third-order valence-electron chi connectivity index (χ3n) is 4.66. The number of benzene rings is 1. The van der Waals surface area contributed by atoms with E-state index in [1.54, 1.807) is 16.9 Å². The van der Waals surface area contributed by atoms with Crippen molar-refractivity contribution < 1.29 is 9.90 Å². The van der Waals surface area contributed by atoms with Crippen LogP contribution in [-0.4, -0.2) is 38.3 Å². The Balaban J connectivity index is 1.66. The van der Waals surface area contributed by atoms with Crippen molar-refractivity contribution in [3.05, 3.63) is 54.4 Å². The summed E-state index contributed by atoms with van der Waals surface area (Å²) in [6, 6.07) is 11.8. The fraction of sp³-hybridized carbons (Fsp3) is 0.316. The Morgan fingerprint density at radius 2 is 2.08 bits per heavy atom. The monoisotopic (exact) mass is 336 g/mol. The lowest BCUT2D eigenvalue weighted by atomic mass is 10.1. The lowest BCUT2D eigenvalue weighted by Crippen LogP contribution is -2.37. The van der Waals surface area contributed by atoms with E-state index in [-0.39, 0.29) is 18.6 Å². The number of nitrogens with one attached hydrogen (secondary N) is 1. The van der Waals surface area contributed by atoms with Gasteiger partial charge in [-0.25, -0.2) is 9.50 Å². The lowest BCUT2D eigenvalue weighted by Gasteiger charge is -2.16. The van der Waals surface area contributed by atoms with E-state index < -0.39 is 0 Å². The minimum absolute atomic E-state index is 0.0183. The zero-order valence-electron chi connectivity index (χ0n) is 13.8. The van der Waals surface area contributed by atoms with E-state index in [2.05, 4.69) is 15.4 Å². The predicted molar refractivity (Wildman–Crippen MR) is 94.1 cm³/mol. The van der Waals surface area contributed by atoms with Crippen LogP contribution < -0.4 is 5.32 Å². The van der Waals surface area contributed by atoms with Crippen molar-refractivity contribution in [1.82, 2.24) is 19.9 Å². The maximum atomic E-state index is 12.7. The van der Waals surface area contributed by atoms with E-state index in [1.807, 2.05) is 36.4 Å². The third-order valence-corrected chi connectivity index (χ3v) is 4.66. The Kier molecular flexibility index (Phi) is 4.19. The Bertz CT molecular complexity index is 887. The number of aromatic nitrogens is 3. The number of carbonyl (C=O) groups is 1. The topological polar surface area (TPSA) is 79.5 Å².